The smallest absolute Gasteiger partial charge is 0.306 e. The van der Waals surface area contributed by atoms with E-state index in [4.69, 9.17) is 5.26 Å². The zero-order chi connectivity index (χ0) is 15.1. The minimum absolute atomic E-state index is 0.0457. The topological polar surface area (TPSA) is 87.0 Å². The van der Waals surface area contributed by atoms with Gasteiger partial charge >= 0.3 is 5.97 Å². The van der Waals surface area contributed by atoms with E-state index in [9.17, 15) is 15.0 Å². The Morgan fingerprint density at radius 2 is 2.15 bits per heavy atom. The monoisotopic (exact) mass is 284 g/mol. The second kappa shape index (κ2) is 5.47. The maximum Gasteiger partial charge on any atom is 0.306 e. The summed E-state index contributed by atoms with van der Waals surface area (Å²) in [6.07, 6.45) is 3.28. The molecule has 0 aliphatic heterocycles. The molecule has 0 aromatic rings. The van der Waals surface area contributed by atoms with Crippen LogP contribution in [0.4, 0.5) is 0 Å². The molecule has 2 rings (SSSR count). The molecule has 20 heavy (non-hydrogen) atoms. The zero-order valence-electron chi connectivity index (χ0n) is 12.2. The van der Waals surface area contributed by atoms with Crippen molar-refractivity contribution in [3.8, 4) is 0 Å². The average Bonchev–Trinajstić information content (AvgIpc) is 2.40. The van der Waals surface area contributed by atoms with Crippen molar-refractivity contribution in [2.75, 3.05) is 0 Å². The van der Waals surface area contributed by atoms with Crippen LogP contribution in [0.25, 0.3) is 0 Å². The van der Waals surface area contributed by atoms with Crippen molar-refractivity contribution in [1.29, 1.82) is 0 Å². The van der Waals surface area contributed by atoms with E-state index in [0.717, 1.165) is 18.4 Å². The van der Waals surface area contributed by atoms with Gasteiger partial charge in [0.25, 0.3) is 0 Å². The van der Waals surface area contributed by atoms with Gasteiger partial charge in [-0.25, -0.2) is 4.89 Å². The third-order valence-corrected chi connectivity index (χ3v) is 5.26. The number of aliphatic hydroxyl groups excluding tert-OH is 1. The lowest BCUT2D eigenvalue weighted by Crippen LogP contribution is -2.48. The standard InChI is InChI=1S/C15H24O5/c1-8-4-5-10(9(2)14(17)18)12-7-15(3,20-19)13(16)6-11(8)12/h7-11,13,16,19H,4-6H2,1-3H3,(H,17,18)/t8-,9-,10?,11?,13-,15+/m1/s1. The molecule has 1 saturated carbocycles. The molecule has 3 N–H and O–H groups in total. The van der Waals surface area contributed by atoms with Crippen molar-refractivity contribution in [2.45, 2.75) is 51.7 Å². The Hall–Kier alpha value is -0.910. The SMILES string of the molecule is C[C@@H]1CCC([C@@H](C)C(=O)O)C2=C[C@](C)(OO)[C@H](O)CC21. The molecule has 0 saturated heterocycles. The Morgan fingerprint density at radius 1 is 1.50 bits per heavy atom. The average molecular weight is 284 g/mol. The number of rotatable bonds is 3. The van der Waals surface area contributed by atoms with Crippen LogP contribution in [0.2, 0.25) is 0 Å². The van der Waals surface area contributed by atoms with Crippen LogP contribution in [0.5, 0.6) is 0 Å². The number of aliphatic carboxylic acids is 1. The van der Waals surface area contributed by atoms with E-state index in [1.165, 1.54) is 0 Å². The predicted molar refractivity (Wildman–Crippen MR) is 73.0 cm³/mol. The van der Waals surface area contributed by atoms with Crippen LogP contribution in [0, 0.1) is 23.7 Å². The fraction of sp³-hybridized carbons (Fsp3) is 0.800. The second-order valence-electron chi connectivity index (χ2n) is 6.57. The van der Waals surface area contributed by atoms with Crippen LogP contribution in [0.15, 0.2) is 11.6 Å². The quantitative estimate of drug-likeness (QED) is 0.420. The lowest BCUT2D eigenvalue weighted by Gasteiger charge is -2.46. The van der Waals surface area contributed by atoms with Crippen molar-refractivity contribution in [3.05, 3.63) is 11.6 Å². The molecule has 2 aliphatic carbocycles. The molecule has 0 amide bonds. The summed E-state index contributed by atoms with van der Waals surface area (Å²) in [5.74, 6) is -0.725. The summed E-state index contributed by atoms with van der Waals surface area (Å²) in [5, 5.41) is 28.5. The number of hydrogen-bond acceptors (Lipinski definition) is 4. The molecule has 114 valence electrons. The molecular weight excluding hydrogens is 260 g/mol. The van der Waals surface area contributed by atoms with E-state index in [2.05, 4.69) is 11.8 Å². The van der Waals surface area contributed by atoms with Gasteiger partial charge in [0, 0.05) is 0 Å². The number of hydrogen-bond donors (Lipinski definition) is 3. The maximum absolute atomic E-state index is 11.3. The van der Waals surface area contributed by atoms with E-state index in [1.807, 2.05) is 0 Å². The van der Waals surface area contributed by atoms with Crippen molar-refractivity contribution < 1.29 is 25.2 Å². The third kappa shape index (κ3) is 2.50. The van der Waals surface area contributed by atoms with Crippen LogP contribution in [0.1, 0.15) is 40.0 Å². The van der Waals surface area contributed by atoms with Gasteiger partial charge in [0.05, 0.1) is 12.0 Å². The summed E-state index contributed by atoms with van der Waals surface area (Å²) in [5.41, 5.74) is -0.111. The summed E-state index contributed by atoms with van der Waals surface area (Å²) < 4.78 is 0. The van der Waals surface area contributed by atoms with E-state index < -0.39 is 23.6 Å². The van der Waals surface area contributed by atoms with Gasteiger partial charge in [0.1, 0.15) is 5.60 Å². The number of carboxylic acid groups (broad SMARTS) is 1. The first-order valence-electron chi connectivity index (χ1n) is 7.26. The number of carboxylic acids is 1. The van der Waals surface area contributed by atoms with E-state index in [0.29, 0.717) is 12.3 Å². The Bertz CT molecular complexity index is 418. The molecule has 0 spiro atoms. The predicted octanol–water partition coefficient (Wildman–Crippen LogP) is 2.31. The summed E-state index contributed by atoms with van der Waals surface area (Å²) in [6, 6.07) is 0. The first-order valence-corrected chi connectivity index (χ1v) is 7.26. The molecular formula is C15H24O5. The highest BCUT2D eigenvalue weighted by molar-refractivity contribution is 5.70. The third-order valence-electron chi connectivity index (χ3n) is 5.26. The second-order valence-corrected chi connectivity index (χ2v) is 6.57. The molecule has 0 radical (unpaired) electrons. The summed E-state index contributed by atoms with van der Waals surface area (Å²) in [7, 11) is 0. The maximum atomic E-state index is 11.3. The Morgan fingerprint density at radius 3 is 2.70 bits per heavy atom. The van der Waals surface area contributed by atoms with Gasteiger partial charge in [-0.1, -0.05) is 19.4 Å². The Balaban J connectivity index is 2.39. The molecule has 2 unspecified atom stereocenters. The van der Waals surface area contributed by atoms with Crippen LogP contribution >= 0.6 is 0 Å². The fourth-order valence-corrected chi connectivity index (χ4v) is 3.70. The fourth-order valence-electron chi connectivity index (χ4n) is 3.70. The summed E-state index contributed by atoms with van der Waals surface area (Å²) in [4.78, 5) is 15.8. The summed E-state index contributed by atoms with van der Waals surface area (Å²) in [6.45, 7) is 5.49. The van der Waals surface area contributed by atoms with Gasteiger partial charge in [-0.3, -0.25) is 10.1 Å². The van der Waals surface area contributed by atoms with Gasteiger partial charge in [-0.2, -0.15) is 0 Å². The minimum atomic E-state index is -1.14. The van der Waals surface area contributed by atoms with Crippen molar-refractivity contribution in [2.24, 2.45) is 23.7 Å². The number of fused-ring (bicyclic) bond motifs is 1. The summed E-state index contributed by atoms with van der Waals surface area (Å²) >= 11 is 0. The largest absolute Gasteiger partial charge is 0.481 e. The highest BCUT2D eigenvalue weighted by Gasteiger charge is 2.46. The number of aliphatic hydroxyl groups is 1. The van der Waals surface area contributed by atoms with Gasteiger partial charge in [-0.15, -0.1) is 0 Å². The normalized spacial score (nSPS) is 42.5. The Kier molecular flexibility index (Phi) is 4.23. The van der Waals surface area contributed by atoms with Gasteiger partial charge in [0.15, 0.2) is 0 Å². The lowest BCUT2D eigenvalue weighted by molar-refractivity contribution is -0.326. The molecule has 6 atom stereocenters. The van der Waals surface area contributed by atoms with Crippen LogP contribution < -0.4 is 0 Å². The first-order chi connectivity index (χ1) is 9.30. The molecule has 0 aromatic heterocycles. The number of carbonyl (C=O) groups is 1. The van der Waals surface area contributed by atoms with Crippen LogP contribution in [-0.4, -0.2) is 33.1 Å². The minimum Gasteiger partial charge on any atom is -0.481 e. The molecule has 0 aromatic carbocycles. The van der Waals surface area contributed by atoms with E-state index in [1.54, 1.807) is 19.9 Å². The molecule has 0 heterocycles. The molecule has 5 nitrogen and oxygen atoms in total. The highest BCUT2D eigenvalue weighted by Crippen LogP contribution is 2.48. The first kappa shape index (κ1) is 15.5. The van der Waals surface area contributed by atoms with Gasteiger partial charge < -0.3 is 10.2 Å². The number of allylic oxidation sites excluding steroid dienone is 1. The van der Waals surface area contributed by atoms with Gasteiger partial charge in [-0.05, 0) is 50.0 Å². The van der Waals surface area contributed by atoms with E-state index in [-0.39, 0.29) is 11.8 Å². The molecule has 2 aliphatic rings. The highest BCUT2D eigenvalue weighted by atomic mass is 17.1. The lowest BCUT2D eigenvalue weighted by atomic mass is 9.61. The molecule has 5 heteroatoms. The van der Waals surface area contributed by atoms with Gasteiger partial charge in [0.2, 0.25) is 0 Å². The van der Waals surface area contributed by atoms with E-state index >= 15 is 0 Å². The van der Waals surface area contributed by atoms with Crippen molar-refractivity contribution in [1.82, 2.24) is 0 Å². The van der Waals surface area contributed by atoms with Crippen LogP contribution in [-0.2, 0) is 9.68 Å². The Labute approximate surface area is 119 Å². The molecule has 0 bridgehead atoms. The van der Waals surface area contributed by atoms with Crippen molar-refractivity contribution >= 4 is 5.97 Å². The molecule has 1 fully saturated rings. The zero-order valence-corrected chi connectivity index (χ0v) is 12.2. The van der Waals surface area contributed by atoms with Crippen LogP contribution in [0.3, 0.4) is 0 Å². The van der Waals surface area contributed by atoms with Crippen molar-refractivity contribution in [3.63, 3.8) is 0 Å².